The molecule has 1 aliphatic rings. The molecule has 0 aromatic heterocycles. The lowest BCUT2D eigenvalue weighted by Gasteiger charge is -2.36. The van der Waals surface area contributed by atoms with E-state index in [4.69, 9.17) is 5.73 Å². The van der Waals surface area contributed by atoms with Crippen LogP contribution in [-0.4, -0.2) is 35.2 Å². The van der Waals surface area contributed by atoms with Crippen LogP contribution < -0.4 is 5.73 Å². The largest absolute Gasteiger partial charge is 0.341 e. The first-order valence-electron chi connectivity index (χ1n) is 9.96. The summed E-state index contributed by atoms with van der Waals surface area (Å²) in [7, 11) is 0. The number of ketones is 1. The van der Waals surface area contributed by atoms with E-state index in [0.29, 0.717) is 25.4 Å². The average Bonchev–Trinajstić information content (AvgIpc) is 2.61. The molecule has 1 amide bonds. The highest BCUT2D eigenvalue weighted by molar-refractivity contribution is 5.98. The lowest BCUT2D eigenvalue weighted by atomic mass is 9.87. The van der Waals surface area contributed by atoms with Crippen molar-refractivity contribution in [2.75, 3.05) is 13.1 Å². The number of carbonyl (C=O) groups excluding carboxylic acids is 2. The second kappa shape index (κ2) is 8.81. The second-order valence-electron chi connectivity index (χ2n) is 8.39. The first-order valence-corrected chi connectivity index (χ1v) is 9.96. The number of likely N-dealkylation sites (tertiary alicyclic amines) is 1. The Morgan fingerprint density at radius 3 is 2.27 bits per heavy atom. The minimum Gasteiger partial charge on any atom is -0.341 e. The SMILES string of the molecule is CCCC(C)(N)C(=O)N1CCC(C(=O)c2ccc(CC(C)C)cc2)CC1. The van der Waals surface area contributed by atoms with Crippen molar-refractivity contribution in [3.63, 3.8) is 0 Å². The molecule has 2 rings (SSSR count). The van der Waals surface area contributed by atoms with Crippen LogP contribution in [0.1, 0.15) is 69.3 Å². The average molecular weight is 359 g/mol. The molecule has 2 N–H and O–H groups in total. The number of carbonyl (C=O) groups is 2. The van der Waals surface area contributed by atoms with Crippen molar-refractivity contribution < 1.29 is 9.59 Å². The summed E-state index contributed by atoms with van der Waals surface area (Å²) in [5, 5.41) is 0. The number of benzene rings is 1. The zero-order valence-corrected chi connectivity index (χ0v) is 16.8. The van der Waals surface area contributed by atoms with Gasteiger partial charge in [-0.3, -0.25) is 9.59 Å². The molecular formula is C22H34N2O2. The Bertz CT molecular complexity index is 612. The molecule has 1 aliphatic heterocycles. The Morgan fingerprint density at radius 2 is 1.77 bits per heavy atom. The monoisotopic (exact) mass is 358 g/mol. The van der Waals surface area contributed by atoms with Gasteiger partial charge in [0.2, 0.25) is 5.91 Å². The molecule has 1 aromatic carbocycles. The van der Waals surface area contributed by atoms with Crippen LogP contribution in [0.2, 0.25) is 0 Å². The van der Waals surface area contributed by atoms with Gasteiger partial charge in [-0.25, -0.2) is 0 Å². The Morgan fingerprint density at radius 1 is 1.19 bits per heavy atom. The Kier molecular flexibility index (Phi) is 6.99. The molecule has 1 fully saturated rings. The highest BCUT2D eigenvalue weighted by Gasteiger charge is 2.35. The third kappa shape index (κ3) is 5.16. The molecule has 0 radical (unpaired) electrons. The van der Waals surface area contributed by atoms with Gasteiger partial charge in [0.15, 0.2) is 5.78 Å². The fourth-order valence-corrected chi connectivity index (χ4v) is 3.84. The maximum Gasteiger partial charge on any atom is 0.242 e. The van der Waals surface area contributed by atoms with Crippen molar-refractivity contribution in [1.29, 1.82) is 0 Å². The standard InChI is InChI=1S/C22H34N2O2/c1-5-12-22(4,23)21(26)24-13-10-19(11-14-24)20(25)18-8-6-17(7-9-18)15-16(2)3/h6-9,16,19H,5,10-15,23H2,1-4H3. The van der Waals surface area contributed by atoms with E-state index in [2.05, 4.69) is 26.0 Å². The fourth-order valence-electron chi connectivity index (χ4n) is 3.84. The van der Waals surface area contributed by atoms with E-state index >= 15 is 0 Å². The van der Waals surface area contributed by atoms with Gasteiger partial charge in [-0.1, -0.05) is 51.5 Å². The van der Waals surface area contributed by atoms with Gasteiger partial charge in [0, 0.05) is 24.6 Å². The summed E-state index contributed by atoms with van der Waals surface area (Å²) in [5.74, 6) is 0.838. The molecule has 0 saturated carbocycles. The Balaban J connectivity index is 1.93. The van der Waals surface area contributed by atoms with Gasteiger partial charge >= 0.3 is 0 Å². The number of hydrogen-bond donors (Lipinski definition) is 1. The van der Waals surface area contributed by atoms with E-state index in [0.717, 1.165) is 31.2 Å². The number of piperidine rings is 1. The number of Topliss-reactive ketones (excluding diaryl/α,β-unsaturated/α-hetero) is 1. The van der Waals surface area contributed by atoms with Gasteiger partial charge in [-0.2, -0.15) is 0 Å². The van der Waals surface area contributed by atoms with Gasteiger partial charge < -0.3 is 10.6 Å². The van der Waals surface area contributed by atoms with E-state index in [-0.39, 0.29) is 17.6 Å². The van der Waals surface area contributed by atoms with Crippen LogP contribution in [0.25, 0.3) is 0 Å². The van der Waals surface area contributed by atoms with Gasteiger partial charge in [-0.05, 0) is 44.1 Å². The molecule has 1 saturated heterocycles. The van der Waals surface area contributed by atoms with Crippen molar-refractivity contribution in [3.05, 3.63) is 35.4 Å². The maximum atomic E-state index is 12.8. The van der Waals surface area contributed by atoms with Crippen LogP contribution in [0.3, 0.4) is 0 Å². The molecule has 4 heteroatoms. The van der Waals surface area contributed by atoms with Crippen molar-refractivity contribution >= 4 is 11.7 Å². The molecule has 1 unspecified atom stereocenters. The van der Waals surface area contributed by atoms with Crippen molar-refractivity contribution in [1.82, 2.24) is 4.90 Å². The quantitative estimate of drug-likeness (QED) is 0.754. The predicted molar refractivity (Wildman–Crippen MR) is 106 cm³/mol. The number of nitrogens with zero attached hydrogens (tertiary/aromatic N) is 1. The van der Waals surface area contributed by atoms with Crippen molar-refractivity contribution in [3.8, 4) is 0 Å². The molecule has 26 heavy (non-hydrogen) atoms. The van der Waals surface area contributed by atoms with Crippen LogP contribution in [0.5, 0.6) is 0 Å². The summed E-state index contributed by atoms with van der Waals surface area (Å²) in [4.78, 5) is 27.2. The van der Waals surface area contributed by atoms with E-state index in [1.807, 2.05) is 30.9 Å². The molecule has 0 aliphatic carbocycles. The van der Waals surface area contributed by atoms with Crippen LogP contribution in [0, 0.1) is 11.8 Å². The molecule has 1 heterocycles. The van der Waals surface area contributed by atoms with Gasteiger partial charge in [0.05, 0.1) is 5.54 Å². The van der Waals surface area contributed by atoms with E-state index in [9.17, 15) is 9.59 Å². The predicted octanol–water partition coefficient (Wildman–Crippen LogP) is 3.82. The topological polar surface area (TPSA) is 63.4 Å². The Hall–Kier alpha value is -1.68. The molecule has 1 atom stereocenters. The van der Waals surface area contributed by atoms with Crippen molar-refractivity contribution in [2.24, 2.45) is 17.6 Å². The molecular weight excluding hydrogens is 324 g/mol. The number of rotatable bonds is 7. The number of nitrogens with two attached hydrogens (primary N) is 1. The zero-order chi connectivity index (χ0) is 19.3. The van der Waals surface area contributed by atoms with Crippen LogP contribution in [-0.2, 0) is 11.2 Å². The highest BCUT2D eigenvalue weighted by Crippen LogP contribution is 2.24. The van der Waals surface area contributed by atoms with Gasteiger partial charge in [0.1, 0.15) is 0 Å². The normalized spacial score (nSPS) is 18.0. The second-order valence-corrected chi connectivity index (χ2v) is 8.39. The lowest BCUT2D eigenvalue weighted by molar-refractivity contribution is -0.138. The third-order valence-electron chi connectivity index (χ3n) is 5.29. The van der Waals surface area contributed by atoms with Crippen molar-refractivity contribution in [2.45, 2.75) is 65.3 Å². The summed E-state index contributed by atoms with van der Waals surface area (Å²) in [6, 6.07) is 8.04. The van der Waals surface area contributed by atoms with E-state index in [1.165, 1.54) is 5.56 Å². The fraction of sp³-hybridized carbons (Fsp3) is 0.636. The van der Waals surface area contributed by atoms with E-state index in [1.54, 1.807) is 0 Å². The maximum absolute atomic E-state index is 12.8. The van der Waals surface area contributed by atoms with Crippen LogP contribution >= 0.6 is 0 Å². The molecule has 0 bridgehead atoms. The van der Waals surface area contributed by atoms with Crippen LogP contribution in [0.15, 0.2) is 24.3 Å². The summed E-state index contributed by atoms with van der Waals surface area (Å²) < 4.78 is 0. The molecule has 1 aromatic rings. The minimum absolute atomic E-state index is 0.00482. The number of hydrogen-bond acceptors (Lipinski definition) is 3. The molecule has 4 nitrogen and oxygen atoms in total. The zero-order valence-electron chi connectivity index (χ0n) is 16.8. The molecule has 0 spiro atoms. The highest BCUT2D eigenvalue weighted by atomic mass is 16.2. The molecule has 144 valence electrons. The third-order valence-corrected chi connectivity index (χ3v) is 5.29. The minimum atomic E-state index is -0.794. The van der Waals surface area contributed by atoms with E-state index < -0.39 is 5.54 Å². The first kappa shape index (κ1) is 20.6. The Labute approximate surface area is 158 Å². The lowest BCUT2D eigenvalue weighted by Crippen LogP contribution is -2.55. The summed E-state index contributed by atoms with van der Waals surface area (Å²) in [6.07, 6.45) is 4.06. The van der Waals surface area contributed by atoms with Gasteiger partial charge in [-0.15, -0.1) is 0 Å². The summed E-state index contributed by atoms with van der Waals surface area (Å²) in [5.41, 5.74) is 7.45. The van der Waals surface area contributed by atoms with Gasteiger partial charge in [0.25, 0.3) is 0 Å². The smallest absolute Gasteiger partial charge is 0.242 e. The number of amides is 1. The first-order chi connectivity index (χ1) is 12.2. The van der Waals surface area contributed by atoms with Crippen LogP contribution in [0.4, 0.5) is 0 Å². The summed E-state index contributed by atoms with van der Waals surface area (Å²) in [6.45, 7) is 9.49. The summed E-state index contributed by atoms with van der Waals surface area (Å²) >= 11 is 0.